The van der Waals surface area contributed by atoms with Gasteiger partial charge < -0.3 is 5.32 Å². The zero-order valence-corrected chi connectivity index (χ0v) is 11.4. The maximum atomic E-state index is 13.1. The van der Waals surface area contributed by atoms with Crippen LogP contribution in [0.25, 0.3) is 0 Å². The Balaban J connectivity index is 1.98. The number of nitrogens with zero attached hydrogens (tertiary/aromatic N) is 1. The Morgan fingerprint density at radius 1 is 1.39 bits per heavy atom. The molecule has 0 aliphatic rings. The van der Waals surface area contributed by atoms with Crippen LogP contribution < -0.4 is 5.32 Å². The molecule has 1 heterocycles. The Kier molecular flexibility index (Phi) is 4.44. The summed E-state index contributed by atoms with van der Waals surface area (Å²) in [6.07, 6.45) is 2.60. The zero-order valence-electron chi connectivity index (χ0n) is 10.6. The predicted octanol–water partition coefficient (Wildman–Crippen LogP) is 3.37. The number of nitrogens with one attached hydrogen (secondary N) is 1. The first-order chi connectivity index (χ1) is 8.63. The molecule has 0 atom stereocenters. The lowest BCUT2D eigenvalue weighted by molar-refractivity contribution is 0.593. The minimum absolute atomic E-state index is 0.189. The number of hydrogen-bond donors (Lipinski definition) is 1. The van der Waals surface area contributed by atoms with Crippen molar-refractivity contribution in [3.8, 4) is 0 Å². The highest BCUT2D eigenvalue weighted by molar-refractivity contribution is 7.11. The minimum atomic E-state index is -0.189. The average molecular weight is 264 g/mol. The molecule has 2 rings (SSSR count). The second kappa shape index (κ2) is 6.07. The lowest BCUT2D eigenvalue weighted by Crippen LogP contribution is -2.21. The summed E-state index contributed by atoms with van der Waals surface area (Å²) in [5, 5.41) is 4.39. The van der Waals surface area contributed by atoms with Crippen molar-refractivity contribution in [2.45, 2.75) is 32.9 Å². The van der Waals surface area contributed by atoms with Crippen molar-refractivity contribution in [3.05, 3.63) is 51.7 Å². The molecule has 0 aliphatic carbocycles. The highest BCUT2D eigenvalue weighted by Gasteiger charge is 2.04. The number of hydrogen-bond acceptors (Lipinski definition) is 3. The van der Waals surface area contributed by atoms with Gasteiger partial charge >= 0.3 is 0 Å². The van der Waals surface area contributed by atoms with E-state index in [0.717, 1.165) is 17.1 Å². The summed E-state index contributed by atoms with van der Waals surface area (Å²) < 4.78 is 13.1. The molecule has 1 N–H and O–H groups in total. The van der Waals surface area contributed by atoms with Crippen molar-refractivity contribution in [2.75, 3.05) is 0 Å². The van der Waals surface area contributed by atoms with Crippen LogP contribution in [0, 0.1) is 5.82 Å². The number of rotatable bonds is 5. The van der Waals surface area contributed by atoms with Crippen LogP contribution >= 0.6 is 11.3 Å². The number of aromatic nitrogens is 1. The molecule has 96 valence electrons. The Hall–Kier alpha value is -1.26. The number of halogens is 1. The van der Waals surface area contributed by atoms with Gasteiger partial charge in [0.2, 0.25) is 0 Å². The molecular formula is C14H17FN2S. The first-order valence-electron chi connectivity index (χ1n) is 6.05. The van der Waals surface area contributed by atoms with Gasteiger partial charge in [-0.3, -0.25) is 0 Å². The molecule has 0 saturated carbocycles. The van der Waals surface area contributed by atoms with E-state index in [1.165, 1.54) is 10.9 Å². The average Bonchev–Trinajstić information content (AvgIpc) is 2.74. The van der Waals surface area contributed by atoms with E-state index in [9.17, 15) is 4.39 Å². The van der Waals surface area contributed by atoms with E-state index < -0.39 is 0 Å². The molecule has 18 heavy (non-hydrogen) atoms. The Bertz CT molecular complexity index is 508. The van der Waals surface area contributed by atoms with Crippen LogP contribution in [0.5, 0.6) is 0 Å². The standard InChI is InChI=1S/C14H17FN2S/c1-10(2)16-8-13-9-17-14(18-13)7-11-4-3-5-12(15)6-11/h3-6,9-10,16H,7-8H2,1-2H3. The third-order valence-electron chi connectivity index (χ3n) is 2.53. The van der Waals surface area contributed by atoms with E-state index in [4.69, 9.17) is 0 Å². The zero-order chi connectivity index (χ0) is 13.0. The molecule has 0 spiro atoms. The van der Waals surface area contributed by atoms with Crippen molar-refractivity contribution in [2.24, 2.45) is 0 Å². The van der Waals surface area contributed by atoms with Crippen molar-refractivity contribution in [1.29, 1.82) is 0 Å². The lowest BCUT2D eigenvalue weighted by Gasteiger charge is -2.04. The maximum Gasteiger partial charge on any atom is 0.123 e. The summed E-state index contributed by atoms with van der Waals surface area (Å²) in [7, 11) is 0. The Morgan fingerprint density at radius 3 is 2.94 bits per heavy atom. The van der Waals surface area contributed by atoms with E-state index in [1.54, 1.807) is 23.5 Å². The summed E-state index contributed by atoms with van der Waals surface area (Å²) in [4.78, 5) is 5.59. The summed E-state index contributed by atoms with van der Waals surface area (Å²) in [5.41, 5.74) is 0.965. The fourth-order valence-corrected chi connectivity index (χ4v) is 2.55. The van der Waals surface area contributed by atoms with Crippen LogP contribution in [0.3, 0.4) is 0 Å². The number of thiazole rings is 1. The summed E-state index contributed by atoms with van der Waals surface area (Å²) >= 11 is 1.68. The third-order valence-corrected chi connectivity index (χ3v) is 3.53. The molecule has 0 radical (unpaired) electrons. The van der Waals surface area contributed by atoms with Crippen LogP contribution in [-0.2, 0) is 13.0 Å². The smallest absolute Gasteiger partial charge is 0.123 e. The van der Waals surface area contributed by atoms with Crippen molar-refractivity contribution >= 4 is 11.3 Å². The van der Waals surface area contributed by atoms with Crippen molar-refractivity contribution in [1.82, 2.24) is 10.3 Å². The van der Waals surface area contributed by atoms with E-state index in [0.29, 0.717) is 12.5 Å². The molecule has 1 aromatic heterocycles. The van der Waals surface area contributed by atoms with Gasteiger partial charge in [0.05, 0.1) is 5.01 Å². The van der Waals surface area contributed by atoms with Gasteiger partial charge in [0.25, 0.3) is 0 Å². The van der Waals surface area contributed by atoms with E-state index in [2.05, 4.69) is 24.1 Å². The van der Waals surface area contributed by atoms with Crippen LogP contribution in [0.2, 0.25) is 0 Å². The van der Waals surface area contributed by atoms with Crippen molar-refractivity contribution < 1.29 is 4.39 Å². The molecule has 0 fully saturated rings. The summed E-state index contributed by atoms with van der Waals surface area (Å²) in [6, 6.07) is 7.16. The normalized spacial score (nSPS) is 11.1. The molecule has 0 unspecified atom stereocenters. The molecule has 0 saturated heterocycles. The minimum Gasteiger partial charge on any atom is -0.310 e. The molecular weight excluding hydrogens is 247 g/mol. The van der Waals surface area contributed by atoms with Gasteiger partial charge in [-0.05, 0) is 17.7 Å². The topological polar surface area (TPSA) is 24.9 Å². The quantitative estimate of drug-likeness (QED) is 0.895. The van der Waals surface area contributed by atoms with Gasteiger partial charge in [0.15, 0.2) is 0 Å². The predicted molar refractivity (Wildman–Crippen MR) is 73.3 cm³/mol. The fraction of sp³-hybridized carbons (Fsp3) is 0.357. The molecule has 4 heteroatoms. The third kappa shape index (κ3) is 3.89. The molecule has 0 bridgehead atoms. The van der Waals surface area contributed by atoms with Crippen LogP contribution in [0.15, 0.2) is 30.5 Å². The Morgan fingerprint density at radius 2 is 2.22 bits per heavy atom. The molecule has 2 nitrogen and oxygen atoms in total. The maximum absolute atomic E-state index is 13.1. The molecule has 1 aromatic carbocycles. The highest BCUT2D eigenvalue weighted by atomic mass is 32.1. The first kappa shape index (κ1) is 13.2. The Labute approximate surface area is 111 Å². The monoisotopic (exact) mass is 264 g/mol. The second-order valence-electron chi connectivity index (χ2n) is 4.56. The molecule has 0 aliphatic heterocycles. The summed E-state index contributed by atoms with van der Waals surface area (Å²) in [5.74, 6) is -0.189. The van der Waals surface area contributed by atoms with Crippen molar-refractivity contribution in [3.63, 3.8) is 0 Å². The van der Waals surface area contributed by atoms with E-state index in [-0.39, 0.29) is 5.82 Å². The first-order valence-corrected chi connectivity index (χ1v) is 6.86. The van der Waals surface area contributed by atoms with Gasteiger partial charge in [-0.2, -0.15) is 0 Å². The van der Waals surface area contributed by atoms with E-state index >= 15 is 0 Å². The summed E-state index contributed by atoms with van der Waals surface area (Å²) in [6.45, 7) is 5.09. The van der Waals surface area contributed by atoms with Gasteiger partial charge in [-0.15, -0.1) is 11.3 Å². The molecule has 0 amide bonds. The second-order valence-corrected chi connectivity index (χ2v) is 5.76. The van der Waals surface area contributed by atoms with Gasteiger partial charge in [-0.25, -0.2) is 9.37 Å². The fourth-order valence-electron chi connectivity index (χ4n) is 1.64. The number of benzene rings is 1. The van der Waals surface area contributed by atoms with Gasteiger partial charge in [0, 0.05) is 30.1 Å². The molecule has 2 aromatic rings. The lowest BCUT2D eigenvalue weighted by atomic mass is 10.1. The van der Waals surface area contributed by atoms with Gasteiger partial charge in [0.1, 0.15) is 5.82 Å². The van der Waals surface area contributed by atoms with Gasteiger partial charge in [-0.1, -0.05) is 26.0 Å². The largest absolute Gasteiger partial charge is 0.310 e. The van der Waals surface area contributed by atoms with Crippen LogP contribution in [0.1, 0.15) is 29.3 Å². The van der Waals surface area contributed by atoms with E-state index in [1.807, 2.05) is 12.3 Å². The highest BCUT2D eigenvalue weighted by Crippen LogP contribution is 2.17. The SMILES string of the molecule is CC(C)NCc1cnc(Cc2cccc(F)c2)s1. The van der Waals surface area contributed by atoms with Crippen LogP contribution in [0.4, 0.5) is 4.39 Å². The van der Waals surface area contributed by atoms with Crippen LogP contribution in [-0.4, -0.2) is 11.0 Å².